The van der Waals surface area contributed by atoms with Crippen molar-refractivity contribution in [3.05, 3.63) is 0 Å². The van der Waals surface area contributed by atoms with E-state index >= 15 is 0 Å². The molecule has 0 unspecified atom stereocenters. The molecular weight excluding hydrogens is 171 g/mol. The van der Waals surface area contributed by atoms with Crippen LogP contribution in [0.25, 0.3) is 0 Å². The minimum Gasteiger partial charge on any atom is -0.378 e. The molecule has 0 bridgehead atoms. The van der Waals surface area contributed by atoms with Gasteiger partial charge in [-0.3, -0.25) is 0 Å². The van der Waals surface area contributed by atoms with E-state index < -0.39 is 12.6 Å². The molecule has 2 nitrogen and oxygen atoms in total. The van der Waals surface area contributed by atoms with Crippen LogP contribution < -0.4 is 5.32 Å². The number of halogens is 3. The van der Waals surface area contributed by atoms with Gasteiger partial charge in [-0.2, -0.15) is 13.2 Å². The van der Waals surface area contributed by atoms with Crippen molar-refractivity contribution >= 4 is 0 Å². The van der Waals surface area contributed by atoms with Crippen LogP contribution in [0.1, 0.15) is 12.8 Å². The second-order valence-electron chi connectivity index (χ2n) is 2.91. The van der Waals surface area contributed by atoms with E-state index in [2.05, 4.69) is 5.32 Å². The maximum absolute atomic E-state index is 11.6. The van der Waals surface area contributed by atoms with Crippen LogP contribution >= 0.6 is 0 Å². The van der Waals surface area contributed by atoms with Crippen LogP contribution in [-0.4, -0.2) is 32.0 Å². The van der Waals surface area contributed by atoms with E-state index in [0.29, 0.717) is 19.8 Å². The fraction of sp³-hybridized carbons (Fsp3) is 1.00. The monoisotopic (exact) mass is 183 g/mol. The van der Waals surface area contributed by atoms with Crippen LogP contribution in [0, 0.1) is 0 Å². The zero-order chi connectivity index (χ0) is 9.03. The van der Waals surface area contributed by atoms with E-state index in [1.807, 2.05) is 0 Å². The van der Waals surface area contributed by atoms with Crippen molar-refractivity contribution in [2.75, 3.05) is 19.8 Å². The van der Waals surface area contributed by atoms with Gasteiger partial charge in [0.1, 0.15) is 0 Å². The van der Waals surface area contributed by atoms with Gasteiger partial charge in [-0.05, 0) is 13.0 Å². The Morgan fingerprint density at radius 1 is 1.33 bits per heavy atom. The zero-order valence-corrected chi connectivity index (χ0v) is 6.66. The van der Waals surface area contributed by atoms with Gasteiger partial charge in [-0.25, -0.2) is 0 Å². The number of hydrogen-bond donors (Lipinski definition) is 1. The fourth-order valence-electron chi connectivity index (χ4n) is 0.949. The summed E-state index contributed by atoms with van der Waals surface area (Å²) >= 11 is 0. The standard InChI is InChI=1S/C7H12F3NO/c8-7(9,10)2-1-3-11-6-4-12-5-6/h6,11H,1-5H2. The lowest BCUT2D eigenvalue weighted by Gasteiger charge is -2.26. The van der Waals surface area contributed by atoms with Gasteiger partial charge in [-0.15, -0.1) is 0 Å². The van der Waals surface area contributed by atoms with Gasteiger partial charge >= 0.3 is 6.18 Å². The predicted octanol–water partition coefficient (Wildman–Crippen LogP) is 1.32. The number of nitrogens with one attached hydrogen (secondary N) is 1. The van der Waals surface area contributed by atoms with Gasteiger partial charge in [0, 0.05) is 6.42 Å². The third kappa shape index (κ3) is 3.92. The number of rotatable bonds is 4. The summed E-state index contributed by atoms with van der Waals surface area (Å²) in [5.74, 6) is 0. The highest BCUT2D eigenvalue weighted by atomic mass is 19.4. The highest BCUT2D eigenvalue weighted by Gasteiger charge is 2.26. The smallest absolute Gasteiger partial charge is 0.378 e. The molecule has 0 aromatic rings. The van der Waals surface area contributed by atoms with E-state index in [9.17, 15) is 13.2 Å². The van der Waals surface area contributed by atoms with Gasteiger partial charge in [-0.1, -0.05) is 0 Å². The average molecular weight is 183 g/mol. The first-order valence-corrected chi connectivity index (χ1v) is 3.96. The third-order valence-corrected chi connectivity index (χ3v) is 1.71. The minimum absolute atomic E-state index is 0.153. The first-order chi connectivity index (χ1) is 5.58. The SMILES string of the molecule is FC(F)(F)CCCNC1COC1. The summed E-state index contributed by atoms with van der Waals surface area (Å²) in [4.78, 5) is 0. The molecule has 1 heterocycles. The Bertz CT molecular complexity index is 133. The van der Waals surface area contributed by atoms with Gasteiger partial charge in [0.15, 0.2) is 0 Å². The maximum Gasteiger partial charge on any atom is 0.389 e. The number of ether oxygens (including phenoxy) is 1. The van der Waals surface area contributed by atoms with Crippen molar-refractivity contribution in [1.82, 2.24) is 5.32 Å². The summed E-state index contributed by atoms with van der Waals surface area (Å²) in [6, 6.07) is 0.276. The zero-order valence-electron chi connectivity index (χ0n) is 6.66. The Morgan fingerprint density at radius 2 is 2.00 bits per heavy atom. The summed E-state index contributed by atoms with van der Waals surface area (Å²) in [5.41, 5.74) is 0. The third-order valence-electron chi connectivity index (χ3n) is 1.71. The van der Waals surface area contributed by atoms with Gasteiger partial charge in [0.05, 0.1) is 19.3 Å². The highest BCUT2D eigenvalue weighted by molar-refractivity contribution is 4.72. The molecule has 5 heteroatoms. The Morgan fingerprint density at radius 3 is 2.42 bits per heavy atom. The van der Waals surface area contributed by atoms with Crippen LogP contribution in [0.4, 0.5) is 13.2 Å². The molecule has 1 aliphatic rings. The molecule has 1 N–H and O–H groups in total. The summed E-state index contributed by atoms with van der Waals surface area (Å²) in [6.45, 7) is 1.69. The molecule has 1 rings (SSSR count). The summed E-state index contributed by atoms with van der Waals surface area (Å²) in [5, 5.41) is 2.97. The Labute approximate surface area is 69.1 Å². The molecule has 1 fully saturated rings. The first kappa shape index (κ1) is 9.80. The topological polar surface area (TPSA) is 21.3 Å². The lowest BCUT2D eigenvalue weighted by molar-refractivity contribution is -0.135. The molecule has 0 aromatic heterocycles. The van der Waals surface area contributed by atoms with Crippen LogP contribution in [-0.2, 0) is 4.74 Å². The average Bonchev–Trinajstić information content (AvgIpc) is 1.80. The Balaban J connectivity index is 1.88. The Kier molecular flexibility index (Phi) is 3.34. The van der Waals surface area contributed by atoms with Crippen molar-refractivity contribution < 1.29 is 17.9 Å². The van der Waals surface area contributed by atoms with Gasteiger partial charge in [0.2, 0.25) is 0 Å². The molecule has 0 radical (unpaired) electrons. The summed E-state index contributed by atoms with van der Waals surface area (Å²) in [6.07, 6.45) is -4.56. The first-order valence-electron chi connectivity index (χ1n) is 3.96. The van der Waals surface area contributed by atoms with Crippen LogP contribution in [0.3, 0.4) is 0 Å². The molecule has 0 spiro atoms. The molecule has 1 aliphatic heterocycles. The molecule has 1 saturated heterocycles. The van der Waals surface area contributed by atoms with Crippen molar-refractivity contribution in [1.29, 1.82) is 0 Å². The van der Waals surface area contributed by atoms with Crippen LogP contribution in [0.2, 0.25) is 0 Å². The van der Waals surface area contributed by atoms with E-state index in [4.69, 9.17) is 4.74 Å². The minimum atomic E-state index is -4.02. The van der Waals surface area contributed by atoms with Crippen molar-refractivity contribution in [2.24, 2.45) is 0 Å². The van der Waals surface area contributed by atoms with E-state index in [1.54, 1.807) is 0 Å². The molecule has 0 atom stereocenters. The second-order valence-corrected chi connectivity index (χ2v) is 2.91. The predicted molar refractivity (Wildman–Crippen MR) is 37.9 cm³/mol. The molecule has 0 aromatic carbocycles. The normalized spacial score (nSPS) is 19.2. The molecule has 72 valence electrons. The van der Waals surface area contributed by atoms with E-state index in [1.165, 1.54) is 0 Å². The maximum atomic E-state index is 11.6. The van der Waals surface area contributed by atoms with Crippen LogP contribution in [0.5, 0.6) is 0 Å². The highest BCUT2D eigenvalue weighted by Crippen LogP contribution is 2.20. The molecule has 12 heavy (non-hydrogen) atoms. The van der Waals surface area contributed by atoms with Gasteiger partial charge in [0.25, 0.3) is 0 Å². The van der Waals surface area contributed by atoms with Crippen LogP contribution in [0.15, 0.2) is 0 Å². The summed E-state index contributed by atoms with van der Waals surface area (Å²) < 4.78 is 39.7. The number of hydrogen-bond acceptors (Lipinski definition) is 2. The molecule has 0 amide bonds. The molecule has 0 aliphatic carbocycles. The van der Waals surface area contributed by atoms with Crippen molar-refractivity contribution in [3.8, 4) is 0 Å². The van der Waals surface area contributed by atoms with E-state index in [-0.39, 0.29) is 12.5 Å². The molecule has 0 saturated carbocycles. The Hall–Kier alpha value is -0.290. The quantitative estimate of drug-likeness (QED) is 0.663. The fourth-order valence-corrected chi connectivity index (χ4v) is 0.949. The number of alkyl halides is 3. The summed E-state index contributed by atoms with van der Waals surface area (Å²) in [7, 11) is 0. The van der Waals surface area contributed by atoms with Crippen molar-refractivity contribution in [3.63, 3.8) is 0 Å². The lowest BCUT2D eigenvalue weighted by atomic mass is 10.2. The second kappa shape index (κ2) is 4.09. The largest absolute Gasteiger partial charge is 0.389 e. The molecular formula is C7H12F3NO. The van der Waals surface area contributed by atoms with Crippen molar-refractivity contribution in [2.45, 2.75) is 25.1 Å². The van der Waals surface area contributed by atoms with Gasteiger partial charge < -0.3 is 10.1 Å². The lowest BCUT2D eigenvalue weighted by Crippen LogP contribution is -2.46. The van der Waals surface area contributed by atoms with E-state index in [0.717, 1.165) is 0 Å².